The third-order valence-corrected chi connectivity index (χ3v) is 2.84. The van der Waals surface area contributed by atoms with Gasteiger partial charge in [-0.3, -0.25) is 0 Å². The molecular weight excluding hydrogens is 236 g/mol. The molecule has 2 rings (SSSR count). The Morgan fingerprint density at radius 3 is 2.58 bits per heavy atom. The minimum atomic E-state index is 0.713. The number of hydrogen-bond acceptors (Lipinski definition) is 4. The molecule has 100 valence electrons. The van der Waals surface area contributed by atoms with Gasteiger partial charge in [0.25, 0.3) is 0 Å². The number of nitrogens with zero attached hydrogens (tertiary/aromatic N) is 3. The monoisotopic (exact) mass is 256 g/mol. The summed E-state index contributed by atoms with van der Waals surface area (Å²) in [6, 6.07) is 12.1. The normalized spacial score (nSPS) is 10.3. The first kappa shape index (κ1) is 13.3. The maximum atomic E-state index is 4.55. The van der Waals surface area contributed by atoms with Gasteiger partial charge in [0.2, 0.25) is 5.95 Å². The van der Waals surface area contributed by atoms with E-state index in [0.717, 1.165) is 30.2 Å². The van der Waals surface area contributed by atoms with Crippen molar-refractivity contribution < 1.29 is 0 Å². The van der Waals surface area contributed by atoms with Crippen LogP contribution in [0.3, 0.4) is 0 Å². The van der Waals surface area contributed by atoms with Gasteiger partial charge in [-0.2, -0.15) is 4.98 Å². The Hall–Kier alpha value is -2.10. The van der Waals surface area contributed by atoms with Crippen molar-refractivity contribution in [2.75, 3.05) is 23.8 Å². The van der Waals surface area contributed by atoms with Crippen LogP contribution in [-0.4, -0.2) is 23.6 Å². The van der Waals surface area contributed by atoms with Crippen LogP contribution in [0.15, 0.2) is 36.4 Å². The standard InChI is InChI=1S/C15H20N4/c1-4-10-16-14-11-12(2)17-15(18-14)19(3)13-8-6-5-7-9-13/h5-9,11H,4,10H2,1-3H3,(H,16,17,18). The zero-order chi connectivity index (χ0) is 13.7. The largest absolute Gasteiger partial charge is 0.370 e. The Balaban J connectivity index is 2.26. The lowest BCUT2D eigenvalue weighted by molar-refractivity contribution is 0.951. The quantitative estimate of drug-likeness (QED) is 0.890. The van der Waals surface area contributed by atoms with Gasteiger partial charge in [0, 0.05) is 31.0 Å². The molecule has 1 heterocycles. The van der Waals surface area contributed by atoms with Crippen molar-refractivity contribution in [2.45, 2.75) is 20.3 Å². The summed E-state index contributed by atoms with van der Waals surface area (Å²) in [7, 11) is 1.98. The van der Waals surface area contributed by atoms with Crippen molar-refractivity contribution >= 4 is 17.5 Å². The molecule has 0 aliphatic rings. The molecule has 0 unspecified atom stereocenters. The van der Waals surface area contributed by atoms with Gasteiger partial charge < -0.3 is 10.2 Å². The summed E-state index contributed by atoms with van der Waals surface area (Å²) in [5.74, 6) is 1.59. The molecule has 0 aliphatic heterocycles. The summed E-state index contributed by atoms with van der Waals surface area (Å²) < 4.78 is 0. The van der Waals surface area contributed by atoms with Gasteiger partial charge in [0.15, 0.2) is 0 Å². The number of aryl methyl sites for hydroxylation is 1. The number of hydrogen-bond donors (Lipinski definition) is 1. The molecule has 0 saturated heterocycles. The maximum absolute atomic E-state index is 4.55. The number of nitrogens with one attached hydrogen (secondary N) is 1. The second kappa shape index (κ2) is 6.18. The Kier molecular flexibility index (Phi) is 4.34. The van der Waals surface area contributed by atoms with Crippen LogP contribution in [0.1, 0.15) is 19.0 Å². The molecule has 1 aromatic carbocycles. The van der Waals surface area contributed by atoms with Gasteiger partial charge in [0.05, 0.1) is 0 Å². The molecular formula is C15H20N4. The lowest BCUT2D eigenvalue weighted by atomic mass is 10.3. The fourth-order valence-electron chi connectivity index (χ4n) is 1.81. The average Bonchev–Trinajstić information content (AvgIpc) is 2.44. The van der Waals surface area contributed by atoms with Crippen molar-refractivity contribution in [3.05, 3.63) is 42.1 Å². The molecule has 0 aliphatic carbocycles. The fraction of sp³-hybridized carbons (Fsp3) is 0.333. The first-order valence-corrected chi connectivity index (χ1v) is 6.59. The third kappa shape index (κ3) is 3.44. The molecule has 1 N–H and O–H groups in total. The van der Waals surface area contributed by atoms with Gasteiger partial charge in [-0.15, -0.1) is 0 Å². The summed E-state index contributed by atoms with van der Waals surface area (Å²) in [5, 5.41) is 3.30. The topological polar surface area (TPSA) is 41.1 Å². The highest BCUT2D eigenvalue weighted by atomic mass is 15.2. The van der Waals surface area contributed by atoms with Crippen molar-refractivity contribution in [3.8, 4) is 0 Å². The van der Waals surface area contributed by atoms with Crippen LogP contribution in [0.4, 0.5) is 17.5 Å². The second-order valence-electron chi connectivity index (χ2n) is 4.52. The Morgan fingerprint density at radius 2 is 1.89 bits per heavy atom. The second-order valence-corrected chi connectivity index (χ2v) is 4.52. The number of aromatic nitrogens is 2. The zero-order valence-electron chi connectivity index (χ0n) is 11.7. The van der Waals surface area contributed by atoms with Gasteiger partial charge >= 0.3 is 0 Å². The molecule has 0 saturated carbocycles. The van der Waals surface area contributed by atoms with Crippen molar-refractivity contribution in [2.24, 2.45) is 0 Å². The minimum Gasteiger partial charge on any atom is -0.370 e. The van der Waals surface area contributed by atoms with Crippen LogP contribution in [0.5, 0.6) is 0 Å². The van der Waals surface area contributed by atoms with E-state index in [1.165, 1.54) is 0 Å². The van der Waals surface area contributed by atoms with Crippen LogP contribution in [-0.2, 0) is 0 Å². The van der Waals surface area contributed by atoms with E-state index in [-0.39, 0.29) is 0 Å². The Morgan fingerprint density at radius 1 is 1.16 bits per heavy atom. The fourth-order valence-corrected chi connectivity index (χ4v) is 1.81. The predicted octanol–water partition coefficient (Wildman–Crippen LogP) is 3.37. The number of para-hydroxylation sites is 1. The smallest absolute Gasteiger partial charge is 0.231 e. The lowest BCUT2D eigenvalue weighted by Gasteiger charge is -2.18. The van der Waals surface area contributed by atoms with E-state index in [0.29, 0.717) is 5.95 Å². The molecule has 4 nitrogen and oxygen atoms in total. The van der Waals surface area contributed by atoms with E-state index in [1.54, 1.807) is 0 Å². The summed E-state index contributed by atoms with van der Waals surface area (Å²) in [5.41, 5.74) is 2.04. The molecule has 0 spiro atoms. The van der Waals surface area contributed by atoms with Crippen LogP contribution in [0.25, 0.3) is 0 Å². The molecule has 19 heavy (non-hydrogen) atoms. The number of anilines is 3. The minimum absolute atomic E-state index is 0.713. The highest BCUT2D eigenvalue weighted by molar-refractivity contribution is 5.57. The number of benzene rings is 1. The van der Waals surface area contributed by atoms with E-state index in [9.17, 15) is 0 Å². The van der Waals surface area contributed by atoms with E-state index in [2.05, 4.69) is 22.2 Å². The Bertz CT molecular complexity index is 525. The third-order valence-electron chi connectivity index (χ3n) is 2.84. The molecule has 1 aromatic heterocycles. The van der Waals surface area contributed by atoms with E-state index in [1.807, 2.05) is 55.3 Å². The molecule has 0 atom stereocenters. The number of rotatable bonds is 5. The lowest BCUT2D eigenvalue weighted by Crippen LogP contribution is -2.15. The highest BCUT2D eigenvalue weighted by Gasteiger charge is 2.08. The van der Waals surface area contributed by atoms with Gasteiger partial charge in [-0.05, 0) is 25.5 Å². The summed E-state index contributed by atoms with van der Waals surface area (Å²) in [6.45, 7) is 5.05. The van der Waals surface area contributed by atoms with Crippen molar-refractivity contribution in [3.63, 3.8) is 0 Å². The van der Waals surface area contributed by atoms with E-state index >= 15 is 0 Å². The average molecular weight is 256 g/mol. The molecule has 0 fully saturated rings. The molecule has 0 radical (unpaired) electrons. The highest BCUT2D eigenvalue weighted by Crippen LogP contribution is 2.21. The zero-order valence-corrected chi connectivity index (χ0v) is 11.7. The van der Waals surface area contributed by atoms with Crippen LogP contribution in [0.2, 0.25) is 0 Å². The van der Waals surface area contributed by atoms with Crippen molar-refractivity contribution in [1.82, 2.24) is 9.97 Å². The molecule has 0 bridgehead atoms. The predicted molar refractivity (Wildman–Crippen MR) is 80.1 cm³/mol. The first-order valence-electron chi connectivity index (χ1n) is 6.59. The van der Waals surface area contributed by atoms with Gasteiger partial charge in [-0.1, -0.05) is 25.1 Å². The van der Waals surface area contributed by atoms with Gasteiger partial charge in [0.1, 0.15) is 5.82 Å². The molecule has 4 heteroatoms. The molecule has 0 amide bonds. The first-order chi connectivity index (χ1) is 9.20. The SMILES string of the molecule is CCCNc1cc(C)nc(N(C)c2ccccc2)n1. The maximum Gasteiger partial charge on any atom is 0.231 e. The van der Waals surface area contributed by atoms with E-state index in [4.69, 9.17) is 0 Å². The van der Waals surface area contributed by atoms with Crippen molar-refractivity contribution in [1.29, 1.82) is 0 Å². The summed E-state index contributed by atoms with van der Waals surface area (Å²) in [4.78, 5) is 11.0. The van der Waals surface area contributed by atoms with Crippen LogP contribution >= 0.6 is 0 Å². The van der Waals surface area contributed by atoms with Gasteiger partial charge in [-0.25, -0.2) is 4.98 Å². The van der Waals surface area contributed by atoms with E-state index < -0.39 is 0 Å². The summed E-state index contributed by atoms with van der Waals surface area (Å²) >= 11 is 0. The van der Waals surface area contributed by atoms with Crippen LogP contribution < -0.4 is 10.2 Å². The van der Waals surface area contributed by atoms with Crippen LogP contribution in [0, 0.1) is 6.92 Å². The summed E-state index contributed by atoms with van der Waals surface area (Å²) in [6.07, 6.45) is 1.08. The molecule has 2 aromatic rings. The Labute approximate surface area is 114 Å².